The van der Waals surface area contributed by atoms with Gasteiger partial charge in [0.25, 0.3) is 5.91 Å². The van der Waals surface area contributed by atoms with Crippen LogP contribution >= 0.6 is 23.2 Å². The lowest BCUT2D eigenvalue weighted by Gasteiger charge is -2.26. The number of nitrogens with one attached hydrogen (secondary N) is 1. The number of hydrogen-bond acceptors (Lipinski definition) is 4. The first kappa shape index (κ1) is 17.5. The van der Waals surface area contributed by atoms with Gasteiger partial charge in [-0.25, -0.2) is 8.42 Å². The number of rotatable bonds is 5. The average molecular weight is 367 g/mol. The van der Waals surface area contributed by atoms with E-state index < -0.39 is 15.9 Å². The Kier molecular flexibility index (Phi) is 6.05. The van der Waals surface area contributed by atoms with Gasteiger partial charge in [-0.2, -0.15) is 4.31 Å². The molecule has 1 saturated heterocycles. The van der Waals surface area contributed by atoms with Gasteiger partial charge in [0.1, 0.15) is 0 Å². The molecule has 0 saturated carbocycles. The maximum Gasteiger partial charge on any atom is 0.251 e. The second-order valence-corrected chi connectivity index (χ2v) is 7.62. The van der Waals surface area contributed by atoms with E-state index in [1.54, 1.807) is 0 Å². The van der Waals surface area contributed by atoms with Crippen LogP contribution in [0.4, 0.5) is 0 Å². The summed E-state index contributed by atoms with van der Waals surface area (Å²) in [5, 5.41) is 3.19. The van der Waals surface area contributed by atoms with Crippen LogP contribution < -0.4 is 5.32 Å². The Morgan fingerprint density at radius 3 is 2.55 bits per heavy atom. The molecule has 22 heavy (non-hydrogen) atoms. The third-order valence-electron chi connectivity index (χ3n) is 3.19. The van der Waals surface area contributed by atoms with E-state index in [1.807, 2.05) is 0 Å². The third-order valence-corrected chi connectivity index (χ3v) is 5.80. The number of morpholine rings is 1. The van der Waals surface area contributed by atoms with Gasteiger partial charge >= 0.3 is 0 Å². The summed E-state index contributed by atoms with van der Waals surface area (Å²) in [4.78, 5) is 11.9. The molecule has 6 nitrogen and oxygen atoms in total. The average Bonchev–Trinajstić information content (AvgIpc) is 2.50. The highest BCUT2D eigenvalue weighted by atomic mass is 35.5. The molecule has 1 fully saturated rings. The second kappa shape index (κ2) is 7.61. The lowest BCUT2D eigenvalue weighted by Crippen LogP contribution is -2.43. The Bertz CT molecular complexity index is 645. The lowest BCUT2D eigenvalue weighted by atomic mass is 10.2. The quantitative estimate of drug-likeness (QED) is 0.853. The van der Waals surface area contributed by atoms with Gasteiger partial charge in [0, 0.05) is 25.2 Å². The van der Waals surface area contributed by atoms with E-state index in [-0.39, 0.29) is 17.3 Å². The molecule has 0 aromatic heterocycles. The SMILES string of the molecule is O=C(NCCS(=O)(=O)N1CCOCC1)c1ccc(Cl)c(Cl)c1. The molecule has 1 heterocycles. The number of ether oxygens (including phenoxy) is 1. The van der Waals surface area contributed by atoms with Crippen molar-refractivity contribution in [1.29, 1.82) is 0 Å². The van der Waals surface area contributed by atoms with Crippen LogP contribution in [-0.4, -0.2) is 57.2 Å². The van der Waals surface area contributed by atoms with Crippen LogP contribution in [0.15, 0.2) is 18.2 Å². The zero-order chi connectivity index (χ0) is 16.2. The smallest absolute Gasteiger partial charge is 0.251 e. The second-order valence-electron chi connectivity index (χ2n) is 4.71. The Morgan fingerprint density at radius 1 is 1.23 bits per heavy atom. The number of amides is 1. The monoisotopic (exact) mass is 366 g/mol. The van der Waals surface area contributed by atoms with Gasteiger partial charge in [0.05, 0.1) is 29.0 Å². The minimum atomic E-state index is -3.38. The summed E-state index contributed by atoms with van der Waals surface area (Å²) >= 11 is 11.6. The predicted octanol–water partition coefficient (Wildman–Crippen LogP) is 1.39. The summed E-state index contributed by atoms with van der Waals surface area (Å²) in [6.07, 6.45) is 0. The number of carbonyl (C=O) groups is 1. The maximum atomic E-state index is 12.1. The molecule has 0 unspecified atom stereocenters. The topological polar surface area (TPSA) is 75.7 Å². The van der Waals surface area contributed by atoms with Crippen molar-refractivity contribution in [1.82, 2.24) is 9.62 Å². The molecular weight excluding hydrogens is 351 g/mol. The highest BCUT2D eigenvalue weighted by Gasteiger charge is 2.24. The normalized spacial score (nSPS) is 16.5. The van der Waals surface area contributed by atoms with Gasteiger partial charge in [-0.15, -0.1) is 0 Å². The van der Waals surface area contributed by atoms with Crippen molar-refractivity contribution < 1.29 is 17.9 Å². The summed E-state index contributed by atoms with van der Waals surface area (Å²) in [6.45, 7) is 1.52. The van der Waals surface area contributed by atoms with E-state index in [9.17, 15) is 13.2 Å². The number of nitrogens with zero attached hydrogens (tertiary/aromatic N) is 1. The van der Waals surface area contributed by atoms with Gasteiger partial charge in [0.2, 0.25) is 10.0 Å². The van der Waals surface area contributed by atoms with Crippen LogP contribution in [0.5, 0.6) is 0 Å². The number of sulfonamides is 1. The lowest BCUT2D eigenvalue weighted by molar-refractivity contribution is 0.0730. The molecule has 1 aromatic carbocycles. The minimum Gasteiger partial charge on any atom is -0.379 e. The van der Waals surface area contributed by atoms with Gasteiger partial charge in [0.15, 0.2) is 0 Å². The van der Waals surface area contributed by atoms with Gasteiger partial charge in [-0.1, -0.05) is 23.2 Å². The highest BCUT2D eigenvalue weighted by Crippen LogP contribution is 2.22. The first-order valence-corrected chi connectivity index (χ1v) is 9.05. The summed E-state index contributed by atoms with van der Waals surface area (Å²) in [6, 6.07) is 4.49. The zero-order valence-corrected chi connectivity index (χ0v) is 14.0. The summed E-state index contributed by atoms with van der Waals surface area (Å²) < 4.78 is 30.7. The van der Waals surface area contributed by atoms with E-state index in [4.69, 9.17) is 27.9 Å². The zero-order valence-electron chi connectivity index (χ0n) is 11.7. The molecule has 1 N–H and O–H groups in total. The van der Waals surface area contributed by atoms with E-state index in [0.717, 1.165) is 0 Å². The Labute approximate surface area is 139 Å². The number of halogens is 2. The fourth-order valence-corrected chi connectivity index (χ4v) is 3.61. The fraction of sp³-hybridized carbons (Fsp3) is 0.462. The van der Waals surface area contributed by atoms with Gasteiger partial charge in [-0.3, -0.25) is 4.79 Å². The molecule has 9 heteroatoms. The van der Waals surface area contributed by atoms with Crippen molar-refractivity contribution in [3.8, 4) is 0 Å². The molecular formula is C13H16Cl2N2O4S. The largest absolute Gasteiger partial charge is 0.379 e. The van der Waals surface area contributed by atoms with Crippen molar-refractivity contribution in [2.75, 3.05) is 38.6 Å². The molecule has 122 valence electrons. The summed E-state index contributed by atoms with van der Waals surface area (Å²) in [5.74, 6) is -0.546. The van der Waals surface area contributed by atoms with Crippen molar-refractivity contribution in [2.24, 2.45) is 0 Å². The molecule has 1 aromatic rings. The third kappa shape index (κ3) is 4.57. The molecule has 1 amide bonds. The Balaban J connectivity index is 1.87. The van der Waals surface area contributed by atoms with E-state index in [1.165, 1.54) is 22.5 Å². The highest BCUT2D eigenvalue weighted by molar-refractivity contribution is 7.89. The standard InChI is InChI=1S/C13H16Cl2N2O4S/c14-11-2-1-10(9-12(11)15)13(18)16-3-8-22(19,20)17-4-6-21-7-5-17/h1-2,9H,3-8H2,(H,16,18). The molecule has 0 spiro atoms. The van der Waals surface area contributed by atoms with E-state index in [0.29, 0.717) is 36.9 Å². The molecule has 0 atom stereocenters. The summed E-state index contributed by atoms with van der Waals surface area (Å²) in [7, 11) is -3.38. The predicted molar refractivity (Wildman–Crippen MR) is 85.0 cm³/mol. The molecule has 1 aliphatic rings. The molecule has 0 bridgehead atoms. The van der Waals surface area contributed by atoms with Crippen LogP contribution in [0, 0.1) is 0 Å². The fourth-order valence-electron chi connectivity index (χ4n) is 1.99. The van der Waals surface area contributed by atoms with Crippen LogP contribution in [-0.2, 0) is 14.8 Å². The molecule has 0 radical (unpaired) electrons. The van der Waals surface area contributed by atoms with Crippen LogP contribution in [0.3, 0.4) is 0 Å². The molecule has 2 rings (SSSR count). The van der Waals surface area contributed by atoms with Gasteiger partial charge in [-0.05, 0) is 18.2 Å². The van der Waals surface area contributed by atoms with E-state index in [2.05, 4.69) is 5.32 Å². The van der Waals surface area contributed by atoms with Crippen molar-refractivity contribution in [3.63, 3.8) is 0 Å². The van der Waals surface area contributed by atoms with Crippen molar-refractivity contribution in [2.45, 2.75) is 0 Å². The number of carbonyl (C=O) groups excluding carboxylic acids is 1. The summed E-state index contributed by atoms with van der Waals surface area (Å²) in [5.41, 5.74) is 0.332. The van der Waals surface area contributed by atoms with Crippen LogP contribution in [0.25, 0.3) is 0 Å². The van der Waals surface area contributed by atoms with Crippen LogP contribution in [0.1, 0.15) is 10.4 Å². The van der Waals surface area contributed by atoms with Crippen LogP contribution in [0.2, 0.25) is 10.0 Å². The minimum absolute atomic E-state index is 0.0266. The first-order valence-electron chi connectivity index (χ1n) is 6.69. The first-order chi connectivity index (χ1) is 10.4. The van der Waals surface area contributed by atoms with E-state index >= 15 is 0 Å². The maximum absolute atomic E-state index is 12.1. The van der Waals surface area contributed by atoms with Crippen molar-refractivity contribution in [3.05, 3.63) is 33.8 Å². The Hall–Kier alpha value is -0.860. The molecule has 0 aliphatic carbocycles. The van der Waals surface area contributed by atoms with Crippen molar-refractivity contribution >= 4 is 39.1 Å². The number of benzene rings is 1. The Morgan fingerprint density at radius 2 is 1.91 bits per heavy atom. The molecule has 1 aliphatic heterocycles. The van der Waals surface area contributed by atoms with Gasteiger partial charge < -0.3 is 10.1 Å². The number of hydrogen-bond donors (Lipinski definition) is 1.